The van der Waals surface area contributed by atoms with Gasteiger partial charge >= 0.3 is 5.97 Å². The standard InChI is InChI=1S/C30H58N2O4.Na/c1-3-5-7-9-11-13-15-17-19-24-28(33)32(27(30(35)36)23-21-22-26-31)29(34)25-20-18-16-14-12-10-8-6-4-2;/h27H,3-26,31H2,1-2H3,(H,35,36);/t27-;/m0./s1. The first-order valence-corrected chi connectivity index (χ1v) is 15.3. The van der Waals surface area contributed by atoms with Gasteiger partial charge in [-0.3, -0.25) is 14.5 Å². The van der Waals surface area contributed by atoms with Gasteiger partial charge < -0.3 is 10.8 Å². The third-order valence-corrected chi connectivity index (χ3v) is 7.05. The van der Waals surface area contributed by atoms with E-state index in [9.17, 15) is 19.5 Å². The Balaban J connectivity index is 0. The van der Waals surface area contributed by atoms with Crippen molar-refractivity contribution in [3.05, 3.63) is 0 Å². The number of aliphatic carboxylic acids is 1. The Labute approximate surface area is 250 Å². The number of rotatable bonds is 26. The number of carbonyl (C=O) groups excluding carboxylic acids is 2. The van der Waals surface area contributed by atoms with Crippen LogP contribution in [0, 0.1) is 0 Å². The molecule has 0 fully saturated rings. The number of nitrogens with two attached hydrogens (primary N) is 1. The molecule has 0 rings (SSSR count). The molecule has 37 heavy (non-hydrogen) atoms. The van der Waals surface area contributed by atoms with Gasteiger partial charge in [-0.25, -0.2) is 4.79 Å². The van der Waals surface area contributed by atoms with Crippen molar-refractivity contribution in [2.24, 2.45) is 5.73 Å². The van der Waals surface area contributed by atoms with Crippen molar-refractivity contribution in [3.63, 3.8) is 0 Å². The van der Waals surface area contributed by atoms with Crippen LogP contribution in [0.2, 0.25) is 0 Å². The summed E-state index contributed by atoms with van der Waals surface area (Å²) >= 11 is 0. The molecular formula is C30H58N2NaO4. The molecule has 7 heteroatoms. The Hall–Kier alpha value is -0.430. The van der Waals surface area contributed by atoms with Crippen LogP contribution < -0.4 is 5.73 Å². The van der Waals surface area contributed by atoms with Gasteiger partial charge in [-0.2, -0.15) is 0 Å². The molecular weight excluding hydrogens is 475 g/mol. The number of nitrogens with zero attached hydrogens (tertiary/aromatic N) is 1. The zero-order valence-electron chi connectivity index (χ0n) is 24.7. The fourth-order valence-corrected chi connectivity index (χ4v) is 4.75. The van der Waals surface area contributed by atoms with Crippen molar-refractivity contribution in [3.8, 4) is 0 Å². The van der Waals surface area contributed by atoms with E-state index in [4.69, 9.17) is 5.73 Å². The second-order valence-corrected chi connectivity index (χ2v) is 10.5. The first kappa shape index (κ1) is 38.7. The summed E-state index contributed by atoms with van der Waals surface area (Å²) in [4.78, 5) is 39.2. The molecule has 0 aliphatic heterocycles. The number of imide groups is 1. The Bertz CT molecular complexity index is 526. The molecule has 0 aromatic carbocycles. The van der Waals surface area contributed by atoms with Crippen LogP contribution in [0.3, 0.4) is 0 Å². The maximum atomic E-state index is 13.0. The Kier molecular flexibility index (Phi) is 29.9. The average Bonchev–Trinajstić information content (AvgIpc) is 2.86. The third-order valence-electron chi connectivity index (χ3n) is 7.05. The molecule has 1 atom stereocenters. The fourth-order valence-electron chi connectivity index (χ4n) is 4.75. The number of hydrogen-bond acceptors (Lipinski definition) is 4. The Morgan fingerprint density at radius 2 is 0.946 bits per heavy atom. The minimum atomic E-state index is -1.09. The van der Waals surface area contributed by atoms with Gasteiger partial charge in [0.15, 0.2) is 0 Å². The van der Waals surface area contributed by atoms with Crippen LogP contribution in [0.4, 0.5) is 0 Å². The predicted octanol–water partition coefficient (Wildman–Crippen LogP) is 7.38. The minimum Gasteiger partial charge on any atom is -0.480 e. The van der Waals surface area contributed by atoms with E-state index in [0.29, 0.717) is 32.2 Å². The van der Waals surface area contributed by atoms with Crippen LogP contribution in [0.25, 0.3) is 0 Å². The molecule has 0 aliphatic carbocycles. The van der Waals surface area contributed by atoms with Gasteiger partial charge in [0.2, 0.25) is 11.8 Å². The number of carboxylic acid groups (broad SMARTS) is 1. The third kappa shape index (κ3) is 22.1. The van der Waals surface area contributed by atoms with Gasteiger partial charge in [-0.05, 0) is 38.6 Å². The first-order chi connectivity index (χ1) is 17.5. The summed E-state index contributed by atoms with van der Waals surface area (Å²) in [5, 5.41) is 9.82. The van der Waals surface area contributed by atoms with Crippen molar-refractivity contribution in [2.75, 3.05) is 6.54 Å². The van der Waals surface area contributed by atoms with Crippen LogP contribution in [0.15, 0.2) is 0 Å². The molecule has 0 bridgehead atoms. The summed E-state index contributed by atoms with van der Waals surface area (Å²) in [6.45, 7) is 4.91. The Morgan fingerprint density at radius 3 is 1.27 bits per heavy atom. The predicted molar refractivity (Wildman–Crippen MR) is 156 cm³/mol. The molecule has 0 heterocycles. The molecule has 213 valence electrons. The second-order valence-electron chi connectivity index (χ2n) is 10.5. The van der Waals surface area contributed by atoms with Gasteiger partial charge in [-0.15, -0.1) is 0 Å². The van der Waals surface area contributed by atoms with Crippen molar-refractivity contribution in [2.45, 2.75) is 168 Å². The molecule has 2 amide bonds. The van der Waals surface area contributed by atoms with E-state index in [0.717, 1.165) is 30.6 Å². The first-order valence-electron chi connectivity index (χ1n) is 15.3. The minimum absolute atomic E-state index is 0. The second kappa shape index (κ2) is 28.6. The van der Waals surface area contributed by atoms with Crippen molar-refractivity contribution < 1.29 is 19.5 Å². The molecule has 1 radical (unpaired) electrons. The molecule has 0 spiro atoms. The van der Waals surface area contributed by atoms with E-state index in [1.807, 2.05) is 0 Å². The molecule has 0 aliphatic rings. The maximum Gasteiger partial charge on any atom is 0.326 e. The summed E-state index contributed by atoms with van der Waals surface area (Å²) < 4.78 is 0. The zero-order valence-corrected chi connectivity index (χ0v) is 26.7. The summed E-state index contributed by atoms with van der Waals surface area (Å²) in [7, 11) is 0. The van der Waals surface area contributed by atoms with Gasteiger partial charge in [0.1, 0.15) is 6.04 Å². The zero-order chi connectivity index (χ0) is 26.9. The number of unbranched alkanes of at least 4 members (excludes halogenated alkanes) is 17. The Morgan fingerprint density at radius 1 is 0.595 bits per heavy atom. The monoisotopic (exact) mass is 533 g/mol. The maximum absolute atomic E-state index is 13.0. The number of hydrogen-bond donors (Lipinski definition) is 2. The van der Waals surface area contributed by atoms with Crippen LogP contribution in [-0.4, -0.2) is 69.9 Å². The normalized spacial score (nSPS) is 11.6. The van der Waals surface area contributed by atoms with Gasteiger partial charge in [0.05, 0.1) is 0 Å². The quantitative estimate of drug-likeness (QED) is 0.0892. The van der Waals surface area contributed by atoms with E-state index in [1.54, 1.807) is 0 Å². The van der Waals surface area contributed by atoms with Crippen molar-refractivity contribution in [1.82, 2.24) is 4.90 Å². The van der Waals surface area contributed by atoms with Crippen LogP contribution in [0.5, 0.6) is 0 Å². The van der Waals surface area contributed by atoms with E-state index in [1.165, 1.54) is 77.0 Å². The van der Waals surface area contributed by atoms with Crippen molar-refractivity contribution >= 4 is 47.3 Å². The topological polar surface area (TPSA) is 101 Å². The molecule has 0 saturated carbocycles. The molecule has 3 N–H and O–H groups in total. The summed E-state index contributed by atoms with van der Waals surface area (Å²) in [5.41, 5.74) is 5.57. The molecule has 0 aromatic heterocycles. The van der Waals surface area contributed by atoms with Crippen LogP contribution >= 0.6 is 0 Å². The van der Waals surface area contributed by atoms with Crippen LogP contribution in [-0.2, 0) is 14.4 Å². The van der Waals surface area contributed by atoms with E-state index in [-0.39, 0.29) is 60.6 Å². The smallest absolute Gasteiger partial charge is 0.326 e. The summed E-state index contributed by atoms with van der Waals surface area (Å²) in [6, 6.07) is -1.08. The largest absolute Gasteiger partial charge is 0.480 e. The molecule has 0 aromatic rings. The van der Waals surface area contributed by atoms with E-state index in [2.05, 4.69) is 13.8 Å². The molecule has 0 saturated heterocycles. The van der Waals surface area contributed by atoms with Crippen LogP contribution in [0.1, 0.15) is 162 Å². The average molecular weight is 534 g/mol. The fraction of sp³-hybridized carbons (Fsp3) is 0.900. The summed E-state index contributed by atoms with van der Waals surface area (Å²) in [5.74, 6) is -1.73. The SMILES string of the molecule is CCCCCCCCCCCC(=O)N(C(=O)CCCCCCCCCCC)[C@@H](CCCCN)C(=O)O.[Na]. The van der Waals surface area contributed by atoms with E-state index < -0.39 is 12.0 Å². The molecule has 0 unspecified atom stereocenters. The van der Waals surface area contributed by atoms with Gasteiger partial charge in [0, 0.05) is 42.4 Å². The number of carbonyl (C=O) groups is 3. The van der Waals surface area contributed by atoms with E-state index >= 15 is 0 Å². The number of carboxylic acids is 1. The number of amides is 2. The van der Waals surface area contributed by atoms with Crippen molar-refractivity contribution in [1.29, 1.82) is 0 Å². The van der Waals surface area contributed by atoms with Gasteiger partial charge in [-0.1, -0.05) is 117 Å². The molecule has 6 nitrogen and oxygen atoms in total. The van der Waals surface area contributed by atoms with Gasteiger partial charge in [0.25, 0.3) is 0 Å². The summed E-state index contributed by atoms with van der Waals surface area (Å²) in [6.07, 6.45) is 22.6.